The van der Waals surface area contributed by atoms with Crippen molar-refractivity contribution < 1.29 is 23.4 Å². The molecule has 0 aromatic heterocycles. The van der Waals surface area contributed by atoms with Crippen molar-refractivity contribution in [1.29, 1.82) is 0 Å². The van der Waals surface area contributed by atoms with Gasteiger partial charge in [0.1, 0.15) is 5.75 Å². The van der Waals surface area contributed by atoms with Gasteiger partial charge in [-0.3, -0.25) is 0 Å². The van der Waals surface area contributed by atoms with Crippen LogP contribution >= 0.6 is 0 Å². The summed E-state index contributed by atoms with van der Waals surface area (Å²) in [7, 11) is 1.49. The molecule has 1 N–H and O–H groups in total. The molecule has 3 nitrogen and oxygen atoms in total. The predicted molar refractivity (Wildman–Crippen MR) is 61.9 cm³/mol. The SMILES string of the molecule is COc1ccc2c(c1)CCC=C2C(F)(F)C(=O)O. The smallest absolute Gasteiger partial charge is 0.379 e. The van der Waals surface area contributed by atoms with E-state index in [1.54, 1.807) is 12.1 Å². The van der Waals surface area contributed by atoms with Crippen molar-refractivity contribution in [1.82, 2.24) is 0 Å². The van der Waals surface area contributed by atoms with E-state index in [0.29, 0.717) is 24.2 Å². The molecule has 1 aromatic carbocycles. The van der Waals surface area contributed by atoms with Gasteiger partial charge < -0.3 is 9.84 Å². The minimum Gasteiger partial charge on any atom is -0.497 e. The predicted octanol–water partition coefficient (Wildman–Crippen LogP) is 2.74. The molecule has 1 aliphatic carbocycles. The van der Waals surface area contributed by atoms with Crippen LogP contribution in [-0.4, -0.2) is 24.1 Å². The first kappa shape index (κ1) is 12.5. The molecule has 2 rings (SSSR count). The van der Waals surface area contributed by atoms with Gasteiger partial charge in [0.05, 0.1) is 7.11 Å². The van der Waals surface area contributed by atoms with Crippen molar-refractivity contribution in [2.24, 2.45) is 0 Å². The second kappa shape index (κ2) is 4.40. The Hall–Kier alpha value is -1.91. The second-order valence-electron chi connectivity index (χ2n) is 4.06. The Balaban J connectivity index is 2.49. The van der Waals surface area contributed by atoms with E-state index < -0.39 is 17.5 Å². The summed E-state index contributed by atoms with van der Waals surface area (Å²) in [5.41, 5.74) is 0.543. The largest absolute Gasteiger partial charge is 0.497 e. The first-order valence-electron chi connectivity index (χ1n) is 5.46. The molecule has 0 unspecified atom stereocenters. The molecule has 0 bridgehead atoms. The van der Waals surface area contributed by atoms with E-state index in [2.05, 4.69) is 0 Å². The Morgan fingerprint density at radius 3 is 2.78 bits per heavy atom. The molecule has 18 heavy (non-hydrogen) atoms. The van der Waals surface area contributed by atoms with Gasteiger partial charge in [0.25, 0.3) is 0 Å². The van der Waals surface area contributed by atoms with Gasteiger partial charge in [-0.25, -0.2) is 4.79 Å². The fourth-order valence-electron chi connectivity index (χ4n) is 2.06. The lowest BCUT2D eigenvalue weighted by Crippen LogP contribution is -2.31. The summed E-state index contributed by atoms with van der Waals surface area (Å²) in [6.45, 7) is 0. The number of fused-ring (bicyclic) bond motifs is 1. The molecule has 0 saturated carbocycles. The number of alkyl halides is 2. The number of hydrogen-bond acceptors (Lipinski definition) is 2. The Morgan fingerprint density at radius 1 is 1.44 bits per heavy atom. The summed E-state index contributed by atoms with van der Waals surface area (Å²) >= 11 is 0. The molecule has 0 radical (unpaired) electrons. The molecule has 96 valence electrons. The number of carboxylic acid groups (broad SMARTS) is 1. The number of aliphatic carboxylic acids is 1. The zero-order valence-corrected chi connectivity index (χ0v) is 9.74. The fraction of sp³-hybridized carbons (Fsp3) is 0.308. The van der Waals surface area contributed by atoms with Crippen LogP contribution in [0.25, 0.3) is 5.57 Å². The number of aryl methyl sites for hydroxylation is 1. The molecule has 5 heteroatoms. The molecule has 0 heterocycles. The molecule has 1 aliphatic rings. The van der Waals surface area contributed by atoms with Crippen molar-refractivity contribution in [3.63, 3.8) is 0 Å². The first-order chi connectivity index (χ1) is 8.46. The maximum atomic E-state index is 13.6. The van der Waals surface area contributed by atoms with E-state index in [1.807, 2.05) is 0 Å². The highest BCUT2D eigenvalue weighted by atomic mass is 19.3. The van der Waals surface area contributed by atoms with Crippen LogP contribution in [0.1, 0.15) is 17.5 Å². The summed E-state index contributed by atoms with van der Waals surface area (Å²) in [6, 6.07) is 4.70. The van der Waals surface area contributed by atoms with Crippen LogP contribution < -0.4 is 4.74 Å². The number of methoxy groups -OCH3 is 1. The second-order valence-corrected chi connectivity index (χ2v) is 4.06. The molecule has 0 saturated heterocycles. The number of rotatable bonds is 3. The molecule has 0 fully saturated rings. The van der Waals surface area contributed by atoms with Crippen molar-refractivity contribution in [2.45, 2.75) is 18.8 Å². The summed E-state index contributed by atoms with van der Waals surface area (Å²) in [5.74, 6) is -5.41. The molecule has 0 amide bonds. The lowest BCUT2D eigenvalue weighted by molar-refractivity contribution is -0.156. The van der Waals surface area contributed by atoms with E-state index in [1.165, 1.54) is 19.3 Å². The van der Waals surface area contributed by atoms with Crippen molar-refractivity contribution in [3.8, 4) is 5.75 Å². The Morgan fingerprint density at radius 2 is 2.17 bits per heavy atom. The Kier molecular flexibility index (Phi) is 3.07. The van der Waals surface area contributed by atoms with Gasteiger partial charge in [0.2, 0.25) is 0 Å². The third-order valence-electron chi connectivity index (χ3n) is 2.97. The summed E-state index contributed by atoms with van der Waals surface area (Å²) in [4.78, 5) is 10.6. The summed E-state index contributed by atoms with van der Waals surface area (Å²) in [6.07, 6.45) is 2.30. The molecule has 0 spiro atoms. The van der Waals surface area contributed by atoms with Crippen LogP contribution in [0.3, 0.4) is 0 Å². The van der Waals surface area contributed by atoms with E-state index in [0.717, 1.165) is 0 Å². The minimum absolute atomic E-state index is 0.287. The Labute approximate surface area is 103 Å². The zero-order chi connectivity index (χ0) is 13.3. The number of carbonyl (C=O) groups is 1. The standard InChI is InChI=1S/C13H12F2O3/c1-18-9-5-6-10-8(7-9)3-2-4-11(10)13(14,15)12(16)17/h4-7H,2-3H2,1H3,(H,16,17). The number of hydrogen-bond donors (Lipinski definition) is 1. The van der Waals surface area contributed by atoms with Crippen LogP contribution in [0.4, 0.5) is 8.78 Å². The van der Waals surface area contributed by atoms with Gasteiger partial charge in [0.15, 0.2) is 0 Å². The molecule has 0 aliphatic heterocycles. The van der Waals surface area contributed by atoms with E-state index in [9.17, 15) is 13.6 Å². The van der Waals surface area contributed by atoms with Crippen molar-refractivity contribution in [2.75, 3.05) is 7.11 Å². The van der Waals surface area contributed by atoms with Crippen LogP contribution in [0.2, 0.25) is 0 Å². The number of halogens is 2. The van der Waals surface area contributed by atoms with Crippen LogP contribution in [0, 0.1) is 0 Å². The maximum absolute atomic E-state index is 13.6. The third kappa shape index (κ3) is 1.96. The number of carboxylic acids is 1. The van der Waals surface area contributed by atoms with Gasteiger partial charge in [0, 0.05) is 5.57 Å². The van der Waals surface area contributed by atoms with Gasteiger partial charge in [-0.15, -0.1) is 0 Å². The van der Waals surface area contributed by atoms with E-state index in [-0.39, 0.29) is 5.56 Å². The average Bonchev–Trinajstić information content (AvgIpc) is 2.37. The Bertz CT molecular complexity index is 521. The summed E-state index contributed by atoms with van der Waals surface area (Å²) < 4.78 is 32.2. The topological polar surface area (TPSA) is 46.5 Å². The molecule has 0 atom stereocenters. The lowest BCUT2D eigenvalue weighted by Gasteiger charge is -2.22. The monoisotopic (exact) mass is 254 g/mol. The van der Waals surface area contributed by atoms with Crippen LogP contribution in [0.15, 0.2) is 24.3 Å². The van der Waals surface area contributed by atoms with Gasteiger partial charge in [-0.1, -0.05) is 12.1 Å². The quantitative estimate of drug-likeness (QED) is 0.902. The summed E-state index contributed by atoms with van der Waals surface area (Å²) in [5, 5.41) is 8.60. The lowest BCUT2D eigenvalue weighted by atomic mass is 9.87. The van der Waals surface area contributed by atoms with Crippen LogP contribution in [0.5, 0.6) is 5.75 Å². The first-order valence-corrected chi connectivity index (χ1v) is 5.46. The van der Waals surface area contributed by atoms with Gasteiger partial charge in [-0.2, -0.15) is 8.78 Å². The zero-order valence-electron chi connectivity index (χ0n) is 9.74. The van der Waals surface area contributed by atoms with Gasteiger partial charge in [-0.05, 0) is 36.1 Å². The van der Waals surface area contributed by atoms with E-state index >= 15 is 0 Å². The molecule has 1 aromatic rings. The highest BCUT2D eigenvalue weighted by Gasteiger charge is 2.44. The molecular weight excluding hydrogens is 242 g/mol. The highest BCUT2D eigenvalue weighted by molar-refractivity contribution is 5.94. The minimum atomic E-state index is -3.86. The fourth-order valence-corrected chi connectivity index (χ4v) is 2.06. The normalized spacial score (nSPS) is 14.7. The highest BCUT2D eigenvalue weighted by Crippen LogP contribution is 2.39. The van der Waals surface area contributed by atoms with E-state index in [4.69, 9.17) is 9.84 Å². The van der Waals surface area contributed by atoms with Crippen molar-refractivity contribution in [3.05, 3.63) is 35.4 Å². The number of ether oxygens (including phenoxy) is 1. The van der Waals surface area contributed by atoms with Gasteiger partial charge >= 0.3 is 11.9 Å². The maximum Gasteiger partial charge on any atom is 0.379 e. The molecular formula is C13H12F2O3. The number of allylic oxidation sites excluding steroid dienone is 1. The van der Waals surface area contributed by atoms with Crippen molar-refractivity contribution >= 4 is 11.5 Å². The average molecular weight is 254 g/mol. The van der Waals surface area contributed by atoms with Crippen LogP contribution in [-0.2, 0) is 11.2 Å². The number of benzene rings is 1. The third-order valence-corrected chi connectivity index (χ3v) is 2.97.